The molecule has 0 radical (unpaired) electrons. The number of carbonyl (C=O) groups is 4. The van der Waals surface area contributed by atoms with Crippen molar-refractivity contribution in [2.24, 2.45) is 0 Å². The monoisotopic (exact) mass is 415 g/mol. The maximum atomic E-state index is 12.2. The van der Waals surface area contributed by atoms with Crippen molar-refractivity contribution in [2.45, 2.75) is 32.6 Å². The highest BCUT2D eigenvalue weighted by Crippen LogP contribution is 2.25. The molecule has 0 unspecified atom stereocenters. The predicted octanol–water partition coefficient (Wildman–Crippen LogP) is 2.59. The molecule has 0 saturated carbocycles. The number of Topliss-reactive ketones (excluding diaryl/α,β-unsaturated/α-hetero) is 1. The SMILES string of the molecule is CCC(=O)Nc1ccc(C(=O)COC(=O)Cc2csc(N3CCCC3=O)n2)cc1. The van der Waals surface area contributed by atoms with E-state index >= 15 is 0 Å². The van der Waals surface area contributed by atoms with E-state index in [1.165, 1.54) is 11.3 Å². The number of thiazole rings is 1. The van der Waals surface area contributed by atoms with Crippen LogP contribution in [0.4, 0.5) is 10.8 Å². The largest absolute Gasteiger partial charge is 0.457 e. The highest BCUT2D eigenvalue weighted by Gasteiger charge is 2.24. The third-order valence-electron chi connectivity index (χ3n) is 4.35. The minimum absolute atomic E-state index is 0.0411. The lowest BCUT2D eigenvalue weighted by molar-refractivity contribution is -0.141. The van der Waals surface area contributed by atoms with E-state index in [1.807, 2.05) is 0 Å². The Hall–Kier alpha value is -3.07. The number of anilines is 2. The van der Waals surface area contributed by atoms with E-state index in [-0.39, 0.29) is 30.6 Å². The average molecular weight is 415 g/mol. The predicted molar refractivity (Wildman–Crippen MR) is 108 cm³/mol. The summed E-state index contributed by atoms with van der Waals surface area (Å²) in [5.74, 6) is -0.972. The van der Waals surface area contributed by atoms with Gasteiger partial charge in [-0.2, -0.15) is 0 Å². The Morgan fingerprint density at radius 3 is 2.66 bits per heavy atom. The summed E-state index contributed by atoms with van der Waals surface area (Å²) in [7, 11) is 0. The fourth-order valence-electron chi connectivity index (χ4n) is 2.77. The second-order valence-electron chi connectivity index (χ2n) is 6.51. The van der Waals surface area contributed by atoms with Crippen molar-refractivity contribution in [3.63, 3.8) is 0 Å². The van der Waals surface area contributed by atoms with Crippen LogP contribution in [0.25, 0.3) is 0 Å². The van der Waals surface area contributed by atoms with Crippen LogP contribution in [0.2, 0.25) is 0 Å². The van der Waals surface area contributed by atoms with Crippen LogP contribution < -0.4 is 10.2 Å². The number of hydrogen-bond acceptors (Lipinski definition) is 7. The number of ketones is 1. The number of ether oxygens (including phenoxy) is 1. The van der Waals surface area contributed by atoms with Gasteiger partial charge in [-0.25, -0.2) is 4.98 Å². The molecule has 0 spiro atoms. The molecule has 1 saturated heterocycles. The van der Waals surface area contributed by atoms with Gasteiger partial charge in [-0.15, -0.1) is 11.3 Å². The number of benzene rings is 1. The van der Waals surface area contributed by atoms with E-state index in [0.717, 1.165) is 6.42 Å². The van der Waals surface area contributed by atoms with Crippen molar-refractivity contribution in [1.29, 1.82) is 0 Å². The lowest BCUT2D eigenvalue weighted by atomic mass is 10.1. The van der Waals surface area contributed by atoms with Gasteiger partial charge in [0.2, 0.25) is 11.8 Å². The molecule has 1 aliphatic heterocycles. The molecule has 1 N–H and O–H groups in total. The van der Waals surface area contributed by atoms with Gasteiger partial charge in [0.15, 0.2) is 17.5 Å². The number of hydrogen-bond donors (Lipinski definition) is 1. The van der Waals surface area contributed by atoms with Crippen molar-refractivity contribution >= 4 is 45.7 Å². The molecule has 2 aromatic rings. The topological polar surface area (TPSA) is 106 Å². The summed E-state index contributed by atoms with van der Waals surface area (Å²) in [6, 6.07) is 6.39. The van der Waals surface area contributed by atoms with Gasteiger partial charge in [-0.3, -0.25) is 24.1 Å². The first-order valence-corrected chi connectivity index (χ1v) is 10.2. The maximum absolute atomic E-state index is 12.2. The molecule has 1 aliphatic rings. The summed E-state index contributed by atoms with van der Waals surface area (Å²) in [5, 5.41) is 4.99. The minimum Gasteiger partial charge on any atom is -0.457 e. The molecular formula is C20H21N3O5S. The second-order valence-corrected chi connectivity index (χ2v) is 7.35. The second kappa shape index (κ2) is 9.42. The van der Waals surface area contributed by atoms with Crippen molar-refractivity contribution in [1.82, 2.24) is 4.98 Å². The molecule has 8 nitrogen and oxygen atoms in total. The maximum Gasteiger partial charge on any atom is 0.312 e. The smallest absolute Gasteiger partial charge is 0.312 e. The number of aromatic nitrogens is 1. The average Bonchev–Trinajstić information content (AvgIpc) is 3.35. The van der Waals surface area contributed by atoms with Gasteiger partial charge in [0, 0.05) is 36.0 Å². The first-order chi connectivity index (χ1) is 14.0. The van der Waals surface area contributed by atoms with E-state index in [0.29, 0.717) is 41.5 Å². The van der Waals surface area contributed by atoms with Gasteiger partial charge >= 0.3 is 5.97 Å². The van der Waals surface area contributed by atoms with E-state index in [2.05, 4.69) is 10.3 Å². The molecule has 1 aromatic heterocycles. The van der Waals surface area contributed by atoms with E-state index in [4.69, 9.17) is 4.74 Å². The zero-order valence-electron chi connectivity index (χ0n) is 16.0. The van der Waals surface area contributed by atoms with Crippen molar-refractivity contribution in [2.75, 3.05) is 23.4 Å². The van der Waals surface area contributed by atoms with Gasteiger partial charge in [0.1, 0.15) is 0 Å². The standard InChI is InChI=1S/C20H21N3O5S/c1-2-17(25)21-14-7-5-13(6-8-14)16(24)11-28-19(27)10-15-12-29-20(22-15)23-9-3-4-18(23)26/h5-8,12H,2-4,9-11H2,1H3,(H,21,25). The molecule has 3 rings (SSSR count). The third kappa shape index (κ3) is 5.47. The van der Waals surface area contributed by atoms with Crippen LogP contribution in [0.1, 0.15) is 42.2 Å². The van der Waals surface area contributed by atoms with Crippen molar-refractivity contribution < 1.29 is 23.9 Å². The number of nitrogens with zero attached hydrogens (tertiary/aromatic N) is 2. The van der Waals surface area contributed by atoms with Crippen LogP contribution in [-0.2, 0) is 25.5 Å². The normalized spacial score (nSPS) is 13.4. The first-order valence-electron chi connectivity index (χ1n) is 9.29. The van der Waals surface area contributed by atoms with E-state index in [9.17, 15) is 19.2 Å². The number of nitrogens with one attached hydrogen (secondary N) is 1. The van der Waals surface area contributed by atoms with Crippen molar-refractivity contribution in [3.8, 4) is 0 Å². The number of rotatable bonds is 8. The van der Waals surface area contributed by atoms with Crippen LogP contribution in [0.3, 0.4) is 0 Å². The highest BCUT2D eigenvalue weighted by atomic mass is 32.1. The fourth-order valence-corrected chi connectivity index (χ4v) is 3.64. The summed E-state index contributed by atoms with van der Waals surface area (Å²) >= 11 is 1.31. The Morgan fingerprint density at radius 1 is 1.24 bits per heavy atom. The summed E-state index contributed by atoms with van der Waals surface area (Å²) in [5.41, 5.74) is 1.50. The van der Waals surface area contributed by atoms with Crippen LogP contribution in [0.5, 0.6) is 0 Å². The Morgan fingerprint density at radius 2 is 2.00 bits per heavy atom. The fraction of sp³-hybridized carbons (Fsp3) is 0.350. The zero-order valence-corrected chi connectivity index (χ0v) is 16.8. The van der Waals surface area contributed by atoms with Crippen LogP contribution >= 0.6 is 11.3 Å². The van der Waals surface area contributed by atoms with E-state index in [1.54, 1.807) is 41.5 Å². The van der Waals surface area contributed by atoms with Crippen LogP contribution in [-0.4, -0.2) is 41.7 Å². The van der Waals surface area contributed by atoms with Gasteiger partial charge in [-0.05, 0) is 30.7 Å². The summed E-state index contributed by atoms with van der Waals surface area (Å²) in [6.07, 6.45) is 1.63. The van der Waals surface area contributed by atoms with Crippen molar-refractivity contribution in [3.05, 3.63) is 40.9 Å². The number of amides is 2. The molecule has 2 amide bonds. The Kier molecular flexibility index (Phi) is 6.71. The molecule has 9 heteroatoms. The molecule has 1 aromatic carbocycles. The Balaban J connectivity index is 1.48. The zero-order chi connectivity index (χ0) is 20.8. The van der Waals surface area contributed by atoms with Crippen LogP contribution in [0.15, 0.2) is 29.6 Å². The molecular weight excluding hydrogens is 394 g/mol. The molecule has 2 heterocycles. The summed E-state index contributed by atoms with van der Waals surface area (Å²) < 4.78 is 5.06. The molecule has 0 aliphatic carbocycles. The van der Waals surface area contributed by atoms with Gasteiger partial charge < -0.3 is 10.1 Å². The Labute approximate surface area is 171 Å². The lowest BCUT2D eigenvalue weighted by Crippen LogP contribution is -2.23. The lowest BCUT2D eigenvalue weighted by Gasteiger charge is -2.10. The van der Waals surface area contributed by atoms with Gasteiger partial charge in [-0.1, -0.05) is 6.92 Å². The number of carbonyl (C=O) groups excluding carboxylic acids is 4. The third-order valence-corrected chi connectivity index (χ3v) is 5.26. The molecule has 0 atom stereocenters. The van der Waals surface area contributed by atoms with Gasteiger partial charge in [0.05, 0.1) is 12.1 Å². The van der Waals surface area contributed by atoms with E-state index < -0.39 is 5.97 Å². The number of esters is 1. The molecule has 0 bridgehead atoms. The summed E-state index contributed by atoms with van der Waals surface area (Å²) in [6.45, 7) is 2.02. The summed E-state index contributed by atoms with van der Waals surface area (Å²) in [4.78, 5) is 53.2. The van der Waals surface area contributed by atoms with Crippen LogP contribution in [0, 0.1) is 0 Å². The first kappa shape index (κ1) is 20.7. The quantitative estimate of drug-likeness (QED) is 0.525. The molecule has 1 fully saturated rings. The highest BCUT2D eigenvalue weighted by molar-refractivity contribution is 7.14. The van der Waals surface area contributed by atoms with Gasteiger partial charge in [0.25, 0.3) is 0 Å². The Bertz CT molecular complexity index is 922. The molecule has 29 heavy (non-hydrogen) atoms. The molecule has 152 valence electrons. The minimum atomic E-state index is -0.560.